The van der Waals surface area contributed by atoms with Crippen LogP contribution in [0.1, 0.15) is 25.7 Å². The molecule has 1 atom stereocenters. The van der Waals surface area contributed by atoms with E-state index in [1.165, 1.54) is 0 Å². The summed E-state index contributed by atoms with van der Waals surface area (Å²) in [5, 5.41) is 6.36. The summed E-state index contributed by atoms with van der Waals surface area (Å²) >= 11 is 0. The molecule has 6 heteroatoms. The van der Waals surface area contributed by atoms with Gasteiger partial charge in [-0.3, -0.25) is 4.79 Å². The van der Waals surface area contributed by atoms with E-state index in [9.17, 15) is 4.79 Å². The molecule has 0 aliphatic heterocycles. The molecule has 0 bridgehead atoms. The number of carbonyl (C=O) groups is 1. The molecule has 0 fully saturated rings. The topological polar surface area (TPSA) is 79.0 Å². The molecule has 4 aromatic rings. The number of aromatic amines is 1. The monoisotopic (exact) mass is 414 g/mol. The maximum atomic E-state index is 12.5. The summed E-state index contributed by atoms with van der Waals surface area (Å²) in [6, 6.07) is 25.1. The van der Waals surface area contributed by atoms with Crippen molar-refractivity contribution in [1.29, 1.82) is 0 Å². The first kappa shape index (κ1) is 20.5. The molecule has 0 radical (unpaired) electrons. The highest BCUT2D eigenvalue weighted by molar-refractivity contribution is 5.79. The van der Waals surface area contributed by atoms with Gasteiger partial charge in [-0.25, -0.2) is 4.98 Å². The number of imidazole rings is 1. The average Bonchev–Trinajstić information content (AvgIpc) is 3.21. The Bertz CT molecular complexity index is 1100. The van der Waals surface area contributed by atoms with Gasteiger partial charge in [0.2, 0.25) is 0 Å². The second-order valence-electron chi connectivity index (χ2n) is 7.73. The minimum Gasteiger partial charge on any atom is -0.484 e. The Morgan fingerprint density at radius 3 is 2.32 bits per heavy atom. The number of nitrogens with zero attached hydrogens (tertiary/aromatic N) is 1. The van der Waals surface area contributed by atoms with Crippen molar-refractivity contribution in [2.45, 2.75) is 19.9 Å². The normalized spacial score (nSPS) is 12.0. The van der Waals surface area contributed by atoms with Crippen molar-refractivity contribution in [3.8, 4) is 5.75 Å². The van der Waals surface area contributed by atoms with Gasteiger partial charge in [0.15, 0.2) is 6.61 Å². The molecule has 4 rings (SSSR count). The van der Waals surface area contributed by atoms with E-state index in [2.05, 4.69) is 34.4 Å². The number of nitrogens with one attached hydrogen (secondary N) is 3. The number of fused-ring (bicyclic) bond motifs is 1. The Balaban J connectivity index is 1.34. The van der Waals surface area contributed by atoms with Gasteiger partial charge in [-0.05, 0) is 54.4 Å². The van der Waals surface area contributed by atoms with Crippen LogP contribution in [-0.4, -0.2) is 22.5 Å². The van der Waals surface area contributed by atoms with Gasteiger partial charge in [0.05, 0.1) is 17.1 Å². The van der Waals surface area contributed by atoms with Crippen molar-refractivity contribution in [3.63, 3.8) is 0 Å². The molecule has 31 heavy (non-hydrogen) atoms. The van der Waals surface area contributed by atoms with E-state index in [4.69, 9.17) is 4.74 Å². The number of para-hydroxylation sites is 3. The van der Waals surface area contributed by atoms with Crippen molar-refractivity contribution >= 4 is 28.3 Å². The van der Waals surface area contributed by atoms with Crippen LogP contribution in [-0.2, 0) is 4.79 Å². The number of benzene rings is 3. The third kappa shape index (κ3) is 5.22. The zero-order valence-electron chi connectivity index (χ0n) is 17.6. The molecule has 1 aromatic heterocycles. The standard InChI is InChI=1S/C25H26N4O2/c1-17(2)24(25-27-21-10-6-7-11-22(21)28-25)29-23(30)16-31-20-14-12-19(13-15-20)26-18-8-4-3-5-9-18/h3-15,17,24,26H,16H2,1-2H3,(H,27,28)(H,29,30)/t24-/m1/s1. The minimum absolute atomic E-state index is 0.0606. The van der Waals surface area contributed by atoms with Gasteiger partial charge in [0.1, 0.15) is 11.6 Å². The maximum Gasteiger partial charge on any atom is 0.258 e. The van der Waals surface area contributed by atoms with Gasteiger partial charge < -0.3 is 20.4 Å². The average molecular weight is 415 g/mol. The van der Waals surface area contributed by atoms with Gasteiger partial charge in [-0.15, -0.1) is 0 Å². The van der Waals surface area contributed by atoms with Crippen LogP contribution in [0.15, 0.2) is 78.9 Å². The molecule has 0 saturated carbocycles. The van der Waals surface area contributed by atoms with Crippen LogP contribution in [0.5, 0.6) is 5.75 Å². The van der Waals surface area contributed by atoms with Crippen LogP contribution in [0.25, 0.3) is 11.0 Å². The summed E-state index contributed by atoms with van der Waals surface area (Å²) in [6.45, 7) is 4.05. The fourth-order valence-electron chi connectivity index (χ4n) is 3.36. The van der Waals surface area contributed by atoms with Gasteiger partial charge in [0.25, 0.3) is 5.91 Å². The number of aromatic nitrogens is 2. The van der Waals surface area contributed by atoms with Crippen molar-refractivity contribution in [2.24, 2.45) is 5.92 Å². The highest BCUT2D eigenvalue weighted by atomic mass is 16.5. The van der Waals surface area contributed by atoms with Crippen molar-refractivity contribution < 1.29 is 9.53 Å². The number of hydrogen-bond acceptors (Lipinski definition) is 4. The summed E-state index contributed by atoms with van der Waals surface area (Å²) in [4.78, 5) is 20.5. The smallest absolute Gasteiger partial charge is 0.258 e. The number of carbonyl (C=O) groups excluding carboxylic acids is 1. The molecule has 1 heterocycles. The third-order valence-corrected chi connectivity index (χ3v) is 4.97. The van der Waals surface area contributed by atoms with Crippen molar-refractivity contribution in [3.05, 3.63) is 84.7 Å². The second-order valence-corrected chi connectivity index (χ2v) is 7.73. The summed E-state index contributed by atoms with van der Waals surface area (Å²) in [6.07, 6.45) is 0. The predicted octanol–water partition coefficient (Wildman–Crippen LogP) is 5.20. The molecular weight excluding hydrogens is 388 g/mol. The first-order valence-electron chi connectivity index (χ1n) is 10.4. The maximum absolute atomic E-state index is 12.5. The molecule has 0 spiro atoms. The Morgan fingerprint density at radius 2 is 1.61 bits per heavy atom. The number of hydrogen-bond donors (Lipinski definition) is 3. The molecule has 6 nitrogen and oxygen atoms in total. The number of ether oxygens (including phenoxy) is 1. The van der Waals surface area contributed by atoms with E-state index < -0.39 is 0 Å². The molecule has 1 amide bonds. The van der Waals surface area contributed by atoms with E-state index in [1.54, 1.807) is 0 Å². The van der Waals surface area contributed by atoms with Gasteiger partial charge in [-0.1, -0.05) is 44.2 Å². The molecule has 0 aliphatic carbocycles. The largest absolute Gasteiger partial charge is 0.484 e. The lowest BCUT2D eigenvalue weighted by Crippen LogP contribution is -2.35. The van der Waals surface area contributed by atoms with Crippen LogP contribution in [0.4, 0.5) is 11.4 Å². The lowest BCUT2D eigenvalue weighted by Gasteiger charge is -2.20. The SMILES string of the molecule is CC(C)[C@@H](NC(=O)COc1ccc(Nc2ccccc2)cc1)c1nc2ccccc2[nH]1. The molecular formula is C25H26N4O2. The van der Waals surface area contributed by atoms with E-state index >= 15 is 0 Å². The first-order chi connectivity index (χ1) is 15.1. The molecule has 0 unspecified atom stereocenters. The zero-order valence-corrected chi connectivity index (χ0v) is 17.6. The van der Waals surface area contributed by atoms with E-state index in [0.29, 0.717) is 5.75 Å². The number of amides is 1. The fourth-order valence-corrected chi connectivity index (χ4v) is 3.36. The minimum atomic E-state index is -0.221. The summed E-state index contributed by atoms with van der Waals surface area (Å²) in [5.74, 6) is 1.37. The van der Waals surface area contributed by atoms with E-state index in [0.717, 1.165) is 28.2 Å². The fraction of sp³-hybridized carbons (Fsp3) is 0.200. The van der Waals surface area contributed by atoms with E-state index in [1.807, 2.05) is 78.9 Å². The number of H-pyrrole nitrogens is 1. The first-order valence-corrected chi connectivity index (χ1v) is 10.4. The number of anilines is 2. The van der Waals surface area contributed by atoms with Crippen LogP contribution in [0, 0.1) is 5.92 Å². The second kappa shape index (κ2) is 9.34. The highest BCUT2D eigenvalue weighted by Gasteiger charge is 2.22. The summed E-state index contributed by atoms with van der Waals surface area (Å²) < 4.78 is 5.68. The van der Waals surface area contributed by atoms with Gasteiger partial charge in [-0.2, -0.15) is 0 Å². The lowest BCUT2D eigenvalue weighted by atomic mass is 10.0. The molecule has 0 aliphatic rings. The van der Waals surface area contributed by atoms with Crippen LogP contribution < -0.4 is 15.4 Å². The van der Waals surface area contributed by atoms with Gasteiger partial charge >= 0.3 is 0 Å². The van der Waals surface area contributed by atoms with Crippen LogP contribution in [0.3, 0.4) is 0 Å². The predicted molar refractivity (Wildman–Crippen MR) is 123 cm³/mol. The quantitative estimate of drug-likeness (QED) is 0.370. The summed E-state index contributed by atoms with van der Waals surface area (Å²) in [7, 11) is 0. The van der Waals surface area contributed by atoms with Crippen molar-refractivity contribution in [1.82, 2.24) is 15.3 Å². The Hall–Kier alpha value is -3.80. The molecule has 3 N–H and O–H groups in total. The van der Waals surface area contributed by atoms with Gasteiger partial charge in [0, 0.05) is 11.4 Å². The third-order valence-electron chi connectivity index (χ3n) is 4.97. The molecule has 0 saturated heterocycles. The Labute approximate surface area is 181 Å². The van der Waals surface area contributed by atoms with Crippen molar-refractivity contribution in [2.75, 3.05) is 11.9 Å². The number of rotatable bonds is 8. The van der Waals surface area contributed by atoms with Crippen LogP contribution in [0.2, 0.25) is 0 Å². The Kier molecular flexibility index (Phi) is 6.17. The molecule has 158 valence electrons. The Morgan fingerprint density at radius 1 is 0.935 bits per heavy atom. The summed E-state index contributed by atoms with van der Waals surface area (Å²) in [5.41, 5.74) is 3.81. The van der Waals surface area contributed by atoms with Crippen LogP contribution >= 0.6 is 0 Å². The molecule has 3 aromatic carbocycles. The highest BCUT2D eigenvalue weighted by Crippen LogP contribution is 2.23. The lowest BCUT2D eigenvalue weighted by molar-refractivity contribution is -0.124. The van der Waals surface area contributed by atoms with E-state index in [-0.39, 0.29) is 24.5 Å². The zero-order chi connectivity index (χ0) is 21.6.